The lowest BCUT2D eigenvalue weighted by Gasteiger charge is -2.06. The summed E-state index contributed by atoms with van der Waals surface area (Å²) >= 11 is 0. The number of benzene rings is 2. The lowest BCUT2D eigenvalue weighted by Crippen LogP contribution is -1.97. The summed E-state index contributed by atoms with van der Waals surface area (Å²) in [6.07, 6.45) is 13.4. The summed E-state index contributed by atoms with van der Waals surface area (Å²) in [4.78, 5) is 0. The average molecular weight is 327 g/mol. The Morgan fingerprint density at radius 3 is 2.60 bits per heavy atom. The number of allylic oxidation sites excluding steroid dienone is 3. The third-order valence-electron chi connectivity index (χ3n) is 5.19. The predicted octanol–water partition coefficient (Wildman–Crippen LogP) is 5.96. The van der Waals surface area contributed by atoms with Crippen molar-refractivity contribution in [3.05, 3.63) is 89.1 Å². The molecule has 0 unspecified atom stereocenters. The molecule has 126 valence electrons. The lowest BCUT2D eigenvalue weighted by molar-refractivity contribution is 0.785. The highest BCUT2D eigenvalue weighted by molar-refractivity contribution is 5.89. The maximum atomic E-state index is 2.45. The molecule has 1 aromatic heterocycles. The summed E-state index contributed by atoms with van der Waals surface area (Å²) in [5, 5.41) is 1.44. The quantitative estimate of drug-likeness (QED) is 0.545. The van der Waals surface area contributed by atoms with E-state index in [9.17, 15) is 0 Å². The van der Waals surface area contributed by atoms with E-state index in [-0.39, 0.29) is 0 Å². The molecule has 0 amide bonds. The minimum Gasteiger partial charge on any atom is -0.341 e. The van der Waals surface area contributed by atoms with Crippen molar-refractivity contribution in [3.8, 4) is 0 Å². The highest BCUT2D eigenvalue weighted by Gasteiger charge is 2.14. The van der Waals surface area contributed by atoms with E-state index in [1.165, 1.54) is 39.7 Å². The van der Waals surface area contributed by atoms with E-state index in [1.807, 2.05) is 0 Å². The van der Waals surface area contributed by atoms with Crippen molar-refractivity contribution in [1.29, 1.82) is 0 Å². The van der Waals surface area contributed by atoms with Crippen molar-refractivity contribution in [1.82, 2.24) is 4.57 Å². The number of nitrogens with zero attached hydrogens (tertiary/aromatic N) is 1. The van der Waals surface area contributed by atoms with Gasteiger partial charge in [-0.05, 0) is 67.5 Å². The van der Waals surface area contributed by atoms with Crippen LogP contribution in [0.1, 0.15) is 35.7 Å². The standard InChI is InChI=1S/C24H25N/c1-2-25-23-15-8-4-7-14-21(23)22-18-20(16-17-24(22)25)13-9-12-19-10-5-3-6-11-19/h3-8,10-11,15-18H,2,9,12-14H2,1H3. The van der Waals surface area contributed by atoms with Gasteiger partial charge < -0.3 is 4.57 Å². The van der Waals surface area contributed by atoms with Crippen molar-refractivity contribution >= 4 is 17.0 Å². The van der Waals surface area contributed by atoms with Gasteiger partial charge in [0.2, 0.25) is 0 Å². The molecule has 1 heteroatoms. The molecule has 1 aliphatic carbocycles. The van der Waals surface area contributed by atoms with Crippen LogP contribution < -0.4 is 0 Å². The van der Waals surface area contributed by atoms with Crippen LogP contribution in [0.4, 0.5) is 0 Å². The number of aryl methyl sites for hydroxylation is 3. The van der Waals surface area contributed by atoms with Crippen molar-refractivity contribution in [2.45, 2.75) is 39.2 Å². The molecule has 1 nitrogen and oxygen atoms in total. The molecule has 0 N–H and O–H groups in total. The summed E-state index contributed by atoms with van der Waals surface area (Å²) in [7, 11) is 0. The van der Waals surface area contributed by atoms with E-state index in [0.717, 1.165) is 25.8 Å². The SMILES string of the molecule is CCn1c2c(c3cc(CCCc4ccccc4)ccc31)CC=CC=C2. The maximum Gasteiger partial charge on any atom is 0.0488 e. The van der Waals surface area contributed by atoms with Crippen LogP contribution in [0.3, 0.4) is 0 Å². The van der Waals surface area contributed by atoms with E-state index in [0.29, 0.717) is 0 Å². The first-order valence-corrected chi connectivity index (χ1v) is 9.38. The molecule has 0 aliphatic heterocycles. The van der Waals surface area contributed by atoms with Crippen LogP contribution in [0.5, 0.6) is 0 Å². The van der Waals surface area contributed by atoms with Gasteiger partial charge in [0, 0.05) is 23.1 Å². The van der Waals surface area contributed by atoms with Crippen LogP contribution in [0.25, 0.3) is 17.0 Å². The molecular weight excluding hydrogens is 302 g/mol. The Balaban J connectivity index is 1.60. The number of hydrogen-bond acceptors (Lipinski definition) is 0. The van der Waals surface area contributed by atoms with Crippen molar-refractivity contribution < 1.29 is 0 Å². The predicted molar refractivity (Wildman–Crippen MR) is 108 cm³/mol. The topological polar surface area (TPSA) is 4.93 Å². The molecule has 2 aromatic carbocycles. The Labute approximate surface area is 150 Å². The Bertz CT molecular complexity index is 926. The van der Waals surface area contributed by atoms with Gasteiger partial charge >= 0.3 is 0 Å². The van der Waals surface area contributed by atoms with Crippen molar-refractivity contribution in [3.63, 3.8) is 0 Å². The molecule has 0 atom stereocenters. The third-order valence-corrected chi connectivity index (χ3v) is 5.19. The Morgan fingerprint density at radius 1 is 0.920 bits per heavy atom. The van der Waals surface area contributed by atoms with Gasteiger partial charge in [-0.15, -0.1) is 0 Å². The molecule has 3 aromatic rings. The minimum absolute atomic E-state index is 1.02. The monoisotopic (exact) mass is 327 g/mol. The van der Waals surface area contributed by atoms with Gasteiger partial charge in [-0.3, -0.25) is 0 Å². The highest BCUT2D eigenvalue weighted by Crippen LogP contribution is 2.30. The Kier molecular flexibility index (Phi) is 4.56. The fourth-order valence-corrected chi connectivity index (χ4v) is 3.94. The normalized spacial score (nSPS) is 13.2. The van der Waals surface area contributed by atoms with E-state index >= 15 is 0 Å². The van der Waals surface area contributed by atoms with Crippen LogP contribution in [-0.2, 0) is 25.8 Å². The van der Waals surface area contributed by atoms with Gasteiger partial charge in [0.25, 0.3) is 0 Å². The van der Waals surface area contributed by atoms with Crippen LogP contribution in [0.15, 0.2) is 66.8 Å². The third kappa shape index (κ3) is 3.19. The lowest BCUT2D eigenvalue weighted by atomic mass is 10.0. The zero-order valence-electron chi connectivity index (χ0n) is 14.9. The second-order valence-corrected chi connectivity index (χ2v) is 6.79. The minimum atomic E-state index is 1.02. The smallest absolute Gasteiger partial charge is 0.0488 e. The summed E-state index contributed by atoms with van der Waals surface area (Å²) in [6, 6.07) is 17.9. The molecule has 0 radical (unpaired) electrons. The molecule has 0 saturated carbocycles. The van der Waals surface area contributed by atoms with Gasteiger partial charge in [0.05, 0.1) is 0 Å². The summed E-state index contributed by atoms with van der Waals surface area (Å²) in [5.41, 5.74) is 7.12. The zero-order valence-corrected chi connectivity index (χ0v) is 14.9. The Morgan fingerprint density at radius 2 is 1.76 bits per heavy atom. The van der Waals surface area contributed by atoms with Crippen LogP contribution in [0.2, 0.25) is 0 Å². The zero-order chi connectivity index (χ0) is 17.1. The van der Waals surface area contributed by atoms with E-state index in [1.54, 1.807) is 0 Å². The van der Waals surface area contributed by atoms with Gasteiger partial charge in [-0.1, -0.05) is 54.6 Å². The number of aromatic nitrogens is 1. The molecule has 0 spiro atoms. The molecule has 0 fully saturated rings. The van der Waals surface area contributed by atoms with Crippen molar-refractivity contribution in [2.24, 2.45) is 0 Å². The van der Waals surface area contributed by atoms with E-state index in [2.05, 4.69) is 84.3 Å². The number of rotatable bonds is 5. The second kappa shape index (κ2) is 7.14. The molecule has 0 saturated heterocycles. The number of fused-ring (bicyclic) bond motifs is 3. The first-order chi connectivity index (χ1) is 12.4. The average Bonchev–Trinajstić information content (AvgIpc) is 2.79. The molecule has 4 rings (SSSR count). The van der Waals surface area contributed by atoms with Crippen LogP contribution in [-0.4, -0.2) is 4.57 Å². The summed E-state index contributed by atoms with van der Waals surface area (Å²) in [5.74, 6) is 0. The van der Waals surface area contributed by atoms with E-state index in [4.69, 9.17) is 0 Å². The van der Waals surface area contributed by atoms with Gasteiger partial charge in [0.1, 0.15) is 0 Å². The van der Waals surface area contributed by atoms with Gasteiger partial charge in [0.15, 0.2) is 0 Å². The fourth-order valence-electron chi connectivity index (χ4n) is 3.94. The maximum absolute atomic E-state index is 2.45. The van der Waals surface area contributed by atoms with Gasteiger partial charge in [-0.25, -0.2) is 0 Å². The van der Waals surface area contributed by atoms with E-state index < -0.39 is 0 Å². The molecular formula is C24H25N. The summed E-state index contributed by atoms with van der Waals surface area (Å²) < 4.78 is 2.45. The first kappa shape index (κ1) is 16.0. The molecule has 1 heterocycles. The highest BCUT2D eigenvalue weighted by atomic mass is 15.0. The molecule has 25 heavy (non-hydrogen) atoms. The van der Waals surface area contributed by atoms with Crippen LogP contribution >= 0.6 is 0 Å². The van der Waals surface area contributed by atoms with Gasteiger partial charge in [-0.2, -0.15) is 0 Å². The largest absolute Gasteiger partial charge is 0.341 e. The molecule has 1 aliphatic rings. The first-order valence-electron chi connectivity index (χ1n) is 9.38. The summed E-state index contributed by atoms with van der Waals surface area (Å²) in [6.45, 7) is 3.25. The van der Waals surface area contributed by atoms with Crippen molar-refractivity contribution in [2.75, 3.05) is 0 Å². The van der Waals surface area contributed by atoms with Crippen LogP contribution in [0, 0.1) is 0 Å². The Hall–Kier alpha value is -2.54. The molecule has 0 bridgehead atoms. The fraction of sp³-hybridized carbons (Fsp3) is 0.250. The number of hydrogen-bond donors (Lipinski definition) is 0. The second-order valence-electron chi connectivity index (χ2n) is 6.79.